The Morgan fingerprint density at radius 1 is 1.28 bits per heavy atom. The van der Waals surface area contributed by atoms with Gasteiger partial charge in [-0.25, -0.2) is 0 Å². The van der Waals surface area contributed by atoms with Crippen molar-refractivity contribution >= 4 is 23.6 Å². The Kier molecular flexibility index (Phi) is 8.83. The molecule has 1 unspecified atom stereocenters. The summed E-state index contributed by atoms with van der Waals surface area (Å²) in [6, 6.07) is -0.438. The van der Waals surface area contributed by atoms with Crippen molar-refractivity contribution in [1.29, 1.82) is 0 Å². The van der Waals surface area contributed by atoms with Gasteiger partial charge in [-0.3, -0.25) is 9.59 Å². The van der Waals surface area contributed by atoms with Crippen LogP contribution in [0, 0.1) is 5.92 Å². The molecule has 0 radical (unpaired) electrons. The molecule has 0 rings (SSSR count). The lowest BCUT2D eigenvalue weighted by Crippen LogP contribution is -2.48. The molecule has 0 spiro atoms. The zero-order chi connectivity index (χ0) is 14.1. The molecule has 0 fully saturated rings. The van der Waals surface area contributed by atoms with Gasteiger partial charge in [0.1, 0.15) is 0 Å². The Labute approximate surface area is 114 Å². The predicted molar refractivity (Wildman–Crippen MR) is 76.4 cm³/mol. The number of nitrogens with one attached hydrogen (secondary N) is 2. The summed E-state index contributed by atoms with van der Waals surface area (Å²) < 4.78 is 0. The van der Waals surface area contributed by atoms with E-state index >= 15 is 0 Å². The highest BCUT2D eigenvalue weighted by molar-refractivity contribution is 7.98. The summed E-state index contributed by atoms with van der Waals surface area (Å²) >= 11 is 1.74. The topological polar surface area (TPSA) is 84.2 Å². The van der Waals surface area contributed by atoms with Gasteiger partial charge in [-0.1, -0.05) is 13.8 Å². The Morgan fingerprint density at radius 3 is 2.39 bits per heavy atom. The number of carbonyl (C=O) groups excluding carboxylic acids is 2. The summed E-state index contributed by atoms with van der Waals surface area (Å²) in [6.45, 7) is 5.68. The molecule has 0 saturated heterocycles. The molecule has 0 heterocycles. The van der Waals surface area contributed by atoms with Gasteiger partial charge in [-0.2, -0.15) is 11.8 Å². The molecule has 0 bridgehead atoms. The second-order valence-corrected chi connectivity index (χ2v) is 5.72. The highest BCUT2D eigenvalue weighted by atomic mass is 32.2. The van der Waals surface area contributed by atoms with E-state index in [-0.39, 0.29) is 30.3 Å². The van der Waals surface area contributed by atoms with Gasteiger partial charge in [0, 0.05) is 6.04 Å². The quantitative estimate of drug-likeness (QED) is 0.596. The van der Waals surface area contributed by atoms with Gasteiger partial charge < -0.3 is 16.4 Å². The number of hydrogen-bond donors (Lipinski definition) is 3. The lowest BCUT2D eigenvalue weighted by molar-refractivity contribution is -0.127. The van der Waals surface area contributed by atoms with E-state index in [1.165, 1.54) is 0 Å². The third-order valence-electron chi connectivity index (χ3n) is 2.61. The van der Waals surface area contributed by atoms with Crippen LogP contribution in [-0.2, 0) is 9.59 Å². The molecule has 5 nitrogen and oxygen atoms in total. The van der Waals surface area contributed by atoms with Crippen molar-refractivity contribution in [2.24, 2.45) is 11.7 Å². The van der Waals surface area contributed by atoms with Crippen LogP contribution in [0.4, 0.5) is 0 Å². The summed E-state index contributed by atoms with van der Waals surface area (Å²) in [7, 11) is 0. The van der Waals surface area contributed by atoms with Crippen molar-refractivity contribution in [3.8, 4) is 0 Å². The normalized spacial score (nSPS) is 14.1. The third kappa shape index (κ3) is 7.55. The van der Waals surface area contributed by atoms with Gasteiger partial charge in [0.15, 0.2) is 0 Å². The summed E-state index contributed by atoms with van der Waals surface area (Å²) in [5, 5.41) is 5.37. The van der Waals surface area contributed by atoms with Crippen molar-refractivity contribution in [2.45, 2.75) is 39.3 Å². The maximum Gasteiger partial charge on any atom is 0.239 e. The summed E-state index contributed by atoms with van der Waals surface area (Å²) in [6.07, 6.45) is 2.95. The van der Waals surface area contributed by atoms with Crippen LogP contribution in [0.3, 0.4) is 0 Å². The Morgan fingerprint density at radius 2 is 1.89 bits per heavy atom. The highest BCUT2D eigenvalue weighted by Crippen LogP contribution is 1.99. The van der Waals surface area contributed by atoms with Crippen LogP contribution in [0.1, 0.15) is 27.2 Å². The third-order valence-corrected chi connectivity index (χ3v) is 3.25. The molecule has 18 heavy (non-hydrogen) atoms. The number of thioether (sulfide) groups is 1. The van der Waals surface area contributed by atoms with Gasteiger partial charge in [0.05, 0.1) is 12.6 Å². The Bertz CT molecular complexity index is 272. The number of nitrogens with two attached hydrogens (primary N) is 1. The van der Waals surface area contributed by atoms with Gasteiger partial charge >= 0.3 is 0 Å². The van der Waals surface area contributed by atoms with E-state index in [0.29, 0.717) is 0 Å². The van der Waals surface area contributed by atoms with Gasteiger partial charge in [0.25, 0.3) is 0 Å². The fourth-order valence-corrected chi connectivity index (χ4v) is 1.87. The molecule has 0 aromatic carbocycles. The number of amides is 2. The van der Waals surface area contributed by atoms with E-state index in [2.05, 4.69) is 10.6 Å². The predicted octanol–water partition coefficient (Wildman–Crippen LogP) is 0.344. The Hall–Kier alpha value is -0.750. The first-order chi connectivity index (χ1) is 8.38. The van der Waals surface area contributed by atoms with Crippen LogP contribution < -0.4 is 16.4 Å². The summed E-state index contributed by atoms with van der Waals surface area (Å²) in [5.41, 5.74) is 5.67. The second kappa shape index (κ2) is 9.22. The monoisotopic (exact) mass is 275 g/mol. The minimum atomic E-state index is -0.563. The van der Waals surface area contributed by atoms with Crippen LogP contribution in [0.15, 0.2) is 0 Å². The van der Waals surface area contributed by atoms with E-state index in [0.717, 1.165) is 12.2 Å². The van der Waals surface area contributed by atoms with Crippen LogP contribution in [0.2, 0.25) is 0 Å². The minimum Gasteiger partial charge on any atom is -0.352 e. The standard InChI is InChI=1S/C12H25N3O2S/c1-8(2)11(13)12(17)14-7-10(16)15-9(3)5-6-18-4/h8-9,11H,5-7,13H2,1-4H3,(H,14,17)(H,15,16)/t9?,11-/m0/s1. The molecule has 0 saturated carbocycles. The molecule has 106 valence electrons. The van der Waals surface area contributed by atoms with Crippen molar-refractivity contribution < 1.29 is 9.59 Å². The summed E-state index contributed by atoms with van der Waals surface area (Å²) in [4.78, 5) is 23.1. The van der Waals surface area contributed by atoms with Crippen molar-refractivity contribution in [1.82, 2.24) is 10.6 Å². The lowest BCUT2D eigenvalue weighted by atomic mass is 10.1. The first-order valence-electron chi connectivity index (χ1n) is 6.20. The molecule has 2 atom stereocenters. The molecule has 0 aliphatic rings. The van der Waals surface area contributed by atoms with E-state index in [1.54, 1.807) is 11.8 Å². The van der Waals surface area contributed by atoms with Crippen LogP contribution >= 0.6 is 11.8 Å². The van der Waals surface area contributed by atoms with Gasteiger partial charge in [0.2, 0.25) is 11.8 Å². The Balaban J connectivity index is 3.86. The van der Waals surface area contributed by atoms with Crippen molar-refractivity contribution in [2.75, 3.05) is 18.6 Å². The van der Waals surface area contributed by atoms with E-state index in [9.17, 15) is 9.59 Å². The van der Waals surface area contributed by atoms with Crippen molar-refractivity contribution in [3.05, 3.63) is 0 Å². The average molecular weight is 275 g/mol. The molecule has 0 aliphatic heterocycles. The number of rotatable bonds is 8. The molecule has 0 aliphatic carbocycles. The largest absolute Gasteiger partial charge is 0.352 e. The van der Waals surface area contributed by atoms with E-state index < -0.39 is 6.04 Å². The molecule has 4 N–H and O–H groups in total. The average Bonchev–Trinajstić information content (AvgIpc) is 2.32. The minimum absolute atomic E-state index is 0.0111. The zero-order valence-corrected chi connectivity index (χ0v) is 12.5. The molecular formula is C12H25N3O2S. The molecule has 6 heteroatoms. The van der Waals surface area contributed by atoms with Gasteiger partial charge in [-0.05, 0) is 31.3 Å². The summed E-state index contributed by atoms with van der Waals surface area (Å²) in [5.74, 6) is 0.616. The maximum atomic E-state index is 11.5. The van der Waals surface area contributed by atoms with E-state index in [1.807, 2.05) is 27.0 Å². The number of carbonyl (C=O) groups is 2. The van der Waals surface area contributed by atoms with Crippen LogP contribution in [0.5, 0.6) is 0 Å². The van der Waals surface area contributed by atoms with E-state index in [4.69, 9.17) is 5.73 Å². The molecule has 0 aromatic heterocycles. The number of hydrogen-bond acceptors (Lipinski definition) is 4. The molecular weight excluding hydrogens is 250 g/mol. The molecule has 0 aromatic rings. The van der Waals surface area contributed by atoms with Crippen molar-refractivity contribution in [3.63, 3.8) is 0 Å². The maximum absolute atomic E-state index is 11.5. The molecule has 2 amide bonds. The fraction of sp³-hybridized carbons (Fsp3) is 0.833. The smallest absolute Gasteiger partial charge is 0.239 e. The van der Waals surface area contributed by atoms with Crippen LogP contribution in [0.25, 0.3) is 0 Å². The highest BCUT2D eigenvalue weighted by Gasteiger charge is 2.17. The first-order valence-corrected chi connectivity index (χ1v) is 7.59. The second-order valence-electron chi connectivity index (χ2n) is 4.74. The zero-order valence-electron chi connectivity index (χ0n) is 11.7. The SMILES string of the molecule is CSCCC(C)NC(=O)CNC(=O)[C@@H](N)C(C)C. The lowest BCUT2D eigenvalue weighted by Gasteiger charge is -2.16. The first kappa shape index (κ1) is 17.2. The van der Waals surface area contributed by atoms with Gasteiger partial charge in [-0.15, -0.1) is 0 Å². The fourth-order valence-electron chi connectivity index (χ4n) is 1.28. The van der Waals surface area contributed by atoms with Crippen LogP contribution in [-0.4, -0.2) is 42.5 Å².